The van der Waals surface area contributed by atoms with E-state index in [0.717, 1.165) is 0 Å². The summed E-state index contributed by atoms with van der Waals surface area (Å²) in [6, 6.07) is 7.83. The van der Waals surface area contributed by atoms with Crippen molar-refractivity contribution in [2.75, 3.05) is 26.4 Å². The van der Waals surface area contributed by atoms with Crippen molar-refractivity contribution in [2.45, 2.75) is 0 Å². The van der Waals surface area contributed by atoms with Crippen LogP contribution in [-0.4, -0.2) is 36.6 Å². The first-order valence-electron chi connectivity index (χ1n) is 7.00. The second kappa shape index (κ2) is 6.75. The van der Waals surface area contributed by atoms with Gasteiger partial charge in [0.1, 0.15) is 37.9 Å². The maximum absolute atomic E-state index is 9.21. The van der Waals surface area contributed by atoms with Crippen molar-refractivity contribution in [1.82, 2.24) is 0 Å². The van der Waals surface area contributed by atoms with Crippen LogP contribution in [0.4, 0.5) is 0 Å². The first kappa shape index (κ1) is 15.4. The van der Waals surface area contributed by atoms with E-state index in [9.17, 15) is 5.11 Å². The van der Waals surface area contributed by atoms with Crippen molar-refractivity contribution in [3.8, 4) is 34.5 Å². The van der Waals surface area contributed by atoms with E-state index in [1.807, 2.05) is 0 Å². The number of phenolic OH excluding ortho intramolecular Hbond substituents is 2. The van der Waals surface area contributed by atoms with Crippen molar-refractivity contribution in [3.05, 3.63) is 35.4 Å². The summed E-state index contributed by atoms with van der Waals surface area (Å²) < 4.78 is 20.9. The van der Waals surface area contributed by atoms with Gasteiger partial charge in [-0.3, -0.25) is 0 Å². The third-order valence-electron chi connectivity index (χ3n) is 3.14. The van der Waals surface area contributed by atoms with Gasteiger partial charge in [-0.15, -0.1) is 0 Å². The van der Waals surface area contributed by atoms with Gasteiger partial charge in [-0.25, -0.2) is 0 Å². The summed E-state index contributed by atoms with van der Waals surface area (Å²) in [5, 5.41) is 18.5. The van der Waals surface area contributed by atoms with Gasteiger partial charge in [0.25, 0.3) is 0 Å². The molecule has 0 fully saturated rings. The number of ether oxygens (including phenoxy) is 4. The van der Waals surface area contributed by atoms with Crippen LogP contribution in [0.2, 0.25) is 5.02 Å². The molecule has 0 aromatic heterocycles. The fourth-order valence-electron chi connectivity index (χ4n) is 2.09. The Kier molecular flexibility index (Phi) is 4.52. The van der Waals surface area contributed by atoms with Gasteiger partial charge in [-0.2, -0.15) is 0 Å². The van der Waals surface area contributed by atoms with Gasteiger partial charge >= 0.3 is 0 Å². The summed E-state index contributed by atoms with van der Waals surface area (Å²) in [5.41, 5.74) is 0. The minimum atomic E-state index is 0.0147. The predicted molar refractivity (Wildman–Crippen MR) is 83.2 cm³/mol. The van der Waals surface area contributed by atoms with Crippen LogP contribution in [-0.2, 0) is 0 Å². The molecule has 0 atom stereocenters. The third kappa shape index (κ3) is 3.65. The fraction of sp³-hybridized carbons (Fsp3) is 0.250. The molecule has 2 aromatic carbocycles. The Balaban J connectivity index is 0.000000136. The van der Waals surface area contributed by atoms with Gasteiger partial charge in [-0.05, 0) is 12.1 Å². The molecule has 2 heterocycles. The molecule has 6 nitrogen and oxygen atoms in total. The molecule has 23 heavy (non-hydrogen) atoms. The van der Waals surface area contributed by atoms with E-state index in [4.69, 9.17) is 35.7 Å². The lowest BCUT2D eigenvalue weighted by Crippen LogP contribution is -2.15. The molecule has 0 saturated carbocycles. The number of hydrogen-bond donors (Lipinski definition) is 2. The smallest absolute Gasteiger partial charge is 0.165 e. The zero-order valence-electron chi connectivity index (χ0n) is 12.1. The van der Waals surface area contributed by atoms with E-state index in [1.54, 1.807) is 24.3 Å². The van der Waals surface area contributed by atoms with Crippen molar-refractivity contribution < 1.29 is 29.2 Å². The average Bonchev–Trinajstić information content (AvgIpc) is 2.56. The maximum Gasteiger partial charge on any atom is 0.165 e. The molecule has 7 heteroatoms. The van der Waals surface area contributed by atoms with E-state index in [0.29, 0.717) is 49.4 Å². The number of fused-ring (bicyclic) bond motifs is 2. The van der Waals surface area contributed by atoms with Crippen molar-refractivity contribution in [1.29, 1.82) is 0 Å². The molecule has 0 radical (unpaired) electrons. The second-order valence-corrected chi connectivity index (χ2v) is 5.18. The van der Waals surface area contributed by atoms with E-state index in [2.05, 4.69) is 0 Å². The number of hydrogen-bond acceptors (Lipinski definition) is 6. The van der Waals surface area contributed by atoms with Gasteiger partial charge in [0.2, 0.25) is 0 Å². The van der Waals surface area contributed by atoms with E-state index < -0.39 is 0 Å². The molecule has 0 unspecified atom stereocenters. The van der Waals surface area contributed by atoms with Crippen LogP contribution < -0.4 is 18.9 Å². The van der Waals surface area contributed by atoms with Crippen molar-refractivity contribution in [2.24, 2.45) is 0 Å². The van der Waals surface area contributed by atoms with Crippen LogP contribution in [0.1, 0.15) is 0 Å². The SMILES string of the molecule is Oc1cc2c(cc1Cl)OCCO2.Oc1ccc2c(c1)OCCO2. The van der Waals surface area contributed by atoms with Crippen LogP contribution in [0.25, 0.3) is 0 Å². The van der Waals surface area contributed by atoms with E-state index in [-0.39, 0.29) is 16.5 Å². The minimum Gasteiger partial charge on any atom is -0.508 e. The third-order valence-corrected chi connectivity index (χ3v) is 3.44. The lowest BCUT2D eigenvalue weighted by Gasteiger charge is -2.18. The monoisotopic (exact) mass is 338 g/mol. The molecular weight excluding hydrogens is 324 g/mol. The van der Waals surface area contributed by atoms with Crippen LogP contribution >= 0.6 is 11.6 Å². The second-order valence-electron chi connectivity index (χ2n) is 4.78. The lowest BCUT2D eigenvalue weighted by molar-refractivity contribution is 0.171. The standard InChI is InChI=1S/C8H7ClO3.C8H8O3/c9-5-3-7-8(4-6(5)10)12-2-1-11-7;9-6-1-2-7-8(5-6)11-4-3-10-7/h3-4,10H,1-2H2;1-2,5,9H,3-4H2. The van der Waals surface area contributed by atoms with Crippen molar-refractivity contribution >= 4 is 11.6 Å². The summed E-state index contributed by atoms with van der Waals surface area (Å²) in [5.74, 6) is 2.67. The van der Waals surface area contributed by atoms with Crippen LogP contribution in [0.15, 0.2) is 30.3 Å². The number of rotatable bonds is 0. The number of phenols is 2. The highest BCUT2D eigenvalue weighted by Crippen LogP contribution is 2.38. The molecule has 0 saturated heterocycles. The van der Waals surface area contributed by atoms with Crippen LogP contribution in [0.5, 0.6) is 34.5 Å². The van der Waals surface area contributed by atoms with Gasteiger partial charge in [0.05, 0.1) is 5.02 Å². The van der Waals surface area contributed by atoms with Gasteiger partial charge in [0.15, 0.2) is 23.0 Å². The molecule has 4 rings (SSSR count). The number of halogens is 1. The predicted octanol–water partition coefficient (Wildman–Crippen LogP) is 2.98. The maximum atomic E-state index is 9.21. The molecule has 2 N–H and O–H groups in total. The molecule has 122 valence electrons. The Morgan fingerprint density at radius 1 is 0.696 bits per heavy atom. The highest BCUT2D eigenvalue weighted by molar-refractivity contribution is 6.32. The summed E-state index contributed by atoms with van der Waals surface area (Å²) >= 11 is 5.66. The molecule has 0 amide bonds. The summed E-state index contributed by atoms with van der Waals surface area (Å²) in [4.78, 5) is 0. The lowest BCUT2D eigenvalue weighted by atomic mass is 10.3. The summed E-state index contributed by atoms with van der Waals surface area (Å²) in [6.45, 7) is 2.16. The Morgan fingerprint density at radius 2 is 1.22 bits per heavy atom. The number of benzene rings is 2. The van der Waals surface area contributed by atoms with Gasteiger partial charge in [0, 0.05) is 18.2 Å². The zero-order chi connectivity index (χ0) is 16.2. The first-order valence-corrected chi connectivity index (χ1v) is 7.38. The Labute approximate surface area is 137 Å². The topological polar surface area (TPSA) is 77.4 Å². The van der Waals surface area contributed by atoms with Crippen LogP contribution in [0, 0.1) is 0 Å². The molecule has 2 aliphatic rings. The summed E-state index contributed by atoms with van der Waals surface area (Å²) in [6.07, 6.45) is 0. The Morgan fingerprint density at radius 3 is 1.87 bits per heavy atom. The molecule has 0 aliphatic carbocycles. The average molecular weight is 339 g/mol. The Bertz CT molecular complexity index is 672. The summed E-state index contributed by atoms with van der Waals surface area (Å²) in [7, 11) is 0. The first-order chi connectivity index (χ1) is 11.1. The van der Waals surface area contributed by atoms with Crippen molar-refractivity contribution in [3.63, 3.8) is 0 Å². The highest BCUT2D eigenvalue weighted by Gasteiger charge is 2.14. The molecule has 2 aromatic rings. The fourth-order valence-corrected chi connectivity index (χ4v) is 2.24. The highest BCUT2D eigenvalue weighted by atomic mass is 35.5. The zero-order valence-corrected chi connectivity index (χ0v) is 12.9. The minimum absolute atomic E-state index is 0.0147. The van der Waals surface area contributed by atoms with Crippen LogP contribution in [0.3, 0.4) is 0 Å². The Hall–Kier alpha value is -2.47. The van der Waals surface area contributed by atoms with E-state index >= 15 is 0 Å². The molecule has 0 spiro atoms. The molecule has 0 bridgehead atoms. The van der Waals surface area contributed by atoms with E-state index in [1.165, 1.54) is 6.07 Å². The molecular formula is C16H15ClO6. The van der Waals surface area contributed by atoms with Gasteiger partial charge in [-0.1, -0.05) is 11.6 Å². The quantitative estimate of drug-likeness (QED) is 0.769. The van der Waals surface area contributed by atoms with Gasteiger partial charge < -0.3 is 29.2 Å². The number of aromatic hydroxyl groups is 2. The largest absolute Gasteiger partial charge is 0.508 e. The normalized spacial score (nSPS) is 14.5. The molecule has 2 aliphatic heterocycles.